The van der Waals surface area contributed by atoms with E-state index in [2.05, 4.69) is 29.2 Å². The Kier molecular flexibility index (Phi) is 4.74. The molecule has 2 N–H and O–H groups in total. The van der Waals surface area contributed by atoms with Crippen molar-refractivity contribution in [3.05, 3.63) is 70.8 Å². The molecule has 2 aromatic rings. The maximum Gasteiger partial charge on any atom is 0.335 e. The minimum atomic E-state index is -0.909. The summed E-state index contributed by atoms with van der Waals surface area (Å²) in [6.45, 7) is 1.44. The molecular weight excluding hydrogens is 290 g/mol. The molecule has 1 unspecified atom stereocenters. The van der Waals surface area contributed by atoms with E-state index in [0.29, 0.717) is 24.7 Å². The van der Waals surface area contributed by atoms with Crippen LogP contribution >= 0.6 is 0 Å². The first kappa shape index (κ1) is 15.7. The Morgan fingerprint density at radius 3 is 2.57 bits per heavy atom. The third-order valence-electron chi connectivity index (χ3n) is 4.52. The number of aromatic carboxylic acids is 1. The summed E-state index contributed by atoms with van der Waals surface area (Å²) in [5.41, 5.74) is 4.10. The summed E-state index contributed by atoms with van der Waals surface area (Å²) in [5, 5.41) is 18.4. The molecular formula is C19H21NO3. The highest BCUT2D eigenvalue weighted by Crippen LogP contribution is 2.36. The zero-order valence-electron chi connectivity index (χ0n) is 13.0. The number of nitrogens with zero attached hydrogens (tertiary/aromatic N) is 1. The zero-order chi connectivity index (χ0) is 16.2. The third-order valence-corrected chi connectivity index (χ3v) is 4.52. The van der Waals surface area contributed by atoms with Crippen LogP contribution in [0.1, 0.15) is 39.5 Å². The van der Waals surface area contributed by atoms with Crippen LogP contribution in [0.5, 0.6) is 0 Å². The third kappa shape index (κ3) is 3.44. The van der Waals surface area contributed by atoms with E-state index in [-0.39, 0.29) is 6.61 Å². The van der Waals surface area contributed by atoms with Crippen molar-refractivity contribution in [3.8, 4) is 0 Å². The van der Waals surface area contributed by atoms with Crippen molar-refractivity contribution in [1.29, 1.82) is 0 Å². The highest BCUT2D eigenvalue weighted by molar-refractivity contribution is 5.87. The van der Waals surface area contributed by atoms with Crippen LogP contribution in [-0.2, 0) is 13.0 Å². The molecule has 120 valence electrons. The molecule has 0 radical (unpaired) electrons. The van der Waals surface area contributed by atoms with Crippen LogP contribution in [-0.4, -0.2) is 34.2 Å². The number of benzene rings is 2. The molecule has 0 fully saturated rings. The summed E-state index contributed by atoms with van der Waals surface area (Å²) < 4.78 is 0. The first-order valence-corrected chi connectivity index (χ1v) is 7.94. The van der Waals surface area contributed by atoms with Crippen LogP contribution in [0.4, 0.5) is 0 Å². The molecule has 4 heteroatoms. The molecule has 3 rings (SSSR count). The Morgan fingerprint density at radius 1 is 1.13 bits per heavy atom. The highest BCUT2D eigenvalue weighted by Gasteiger charge is 2.27. The Balaban J connectivity index is 1.78. The van der Waals surface area contributed by atoms with E-state index in [4.69, 9.17) is 5.11 Å². The molecule has 4 nitrogen and oxygen atoms in total. The number of rotatable bonds is 6. The van der Waals surface area contributed by atoms with Crippen molar-refractivity contribution in [2.45, 2.75) is 25.4 Å². The number of hydrogen-bond donors (Lipinski definition) is 2. The molecule has 1 aliphatic carbocycles. The summed E-state index contributed by atoms with van der Waals surface area (Å²) in [7, 11) is 0. The van der Waals surface area contributed by atoms with E-state index < -0.39 is 5.97 Å². The minimum Gasteiger partial charge on any atom is -0.478 e. The van der Waals surface area contributed by atoms with Crippen molar-refractivity contribution in [2.24, 2.45) is 0 Å². The Bertz CT molecular complexity index is 681. The number of carboxylic acid groups (broad SMARTS) is 1. The van der Waals surface area contributed by atoms with Gasteiger partial charge in [-0.3, -0.25) is 4.90 Å². The summed E-state index contributed by atoms with van der Waals surface area (Å²) in [6, 6.07) is 15.8. The van der Waals surface area contributed by atoms with Gasteiger partial charge in [-0.1, -0.05) is 36.4 Å². The molecule has 0 saturated heterocycles. The van der Waals surface area contributed by atoms with Gasteiger partial charge in [0.05, 0.1) is 12.2 Å². The van der Waals surface area contributed by atoms with Crippen LogP contribution in [0.3, 0.4) is 0 Å². The zero-order valence-corrected chi connectivity index (χ0v) is 13.0. The van der Waals surface area contributed by atoms with Crippen LogP contribution in [0.2, 0.25) is 0 Å². The average molecular weight is 311 g/mol. The highest BCUT2D eigenvalue weighted by atomic mass is 16.4. The first-order chi connectivity index (χ1) is 11.2. The lowest BCUT2D eigenvalue weighted by Gasteiger charge is -2.29. The van der Waals surface area contributed by atoms with Crippen molar-refractivity contribution in [3.63, 3.8) is 0 Å². The van der Waals surface area contributed by atoms with E-state index in [0.717, 1.165) is 18.4 Å². The fourth-order valence-electron chi connectivity index (χ4n) is 3.37. The molecule has 23 heavy (non-hydrogen) atoms. The summed E-state index contributed by atoms with van der Waals surface area (Å²) in [6.07, 6.45) is 2.13. The molecule has 0 aromatic heterocycles. The van der Waals surface area contributed by atoms with Crippen molar-refractivity contribution >= 4 is 5.97 Å². The van der Waals surface area contributed by atoms with Crippen molar-refractivity contribution < 1.29 is 15.0 Å². The fourth-order valence-corrected chi connectivity index (χ4v) is 3.37. The number of aliphatic hydroxyl groups excluding tert-OH is 1. The van der Waals surface area contributed by atoms with Crippen molar-refractivity contribution in [2.75, 3.05) is 13.2 Å². The lowest BCUT2D eigenvalue weighted by molar-refractivity contribution is 0.0697. The van der Waals surface area contributed by atoms with Crippen LogP contribution in [0.25, 0.3) is 0 Å². The average Bonchev–Trinajstić information content (AvgIpc) is 2.99. The van der Waals surface area contributed by atoms with E-state index in [1.165, 1.54) is 11.1 Å². The number of fused-ring (bicyclic) bond motifs is 1. The SMILES string of the molecule is O=C(O)c1ccc(CN(CCO)C2CCc3ccccc32)cc1. The second-order valence-corrected chi connectivity index (χ2v) is 5.95. The van der Waals surface area contributed by atoms with Gasteiger partial charge in [-0.05, 0) is 41.7 Å². The number of hydrogen-bond acceptors (Lipinski definition) is 3. The van der Waals surface area contributed by atoms with E-state index >= 15 is 0 Å². The largest absolute Gasteiger partial charge is 0.478 e. The number of aryl methyl sites for hydroxylation is 1. The lowest BCUT2D eigenvalue weighted by atomic mass is 10.1. The van der Waals surface area contributed by atoms with Gasteiger partial charge >= 0.3 is 5.97 Å². The Morgan fingerprint density at radius 2 is 1.87 bits per heavy atom. The maximum atomic E-state index is 10.9. The van der Waals surface area contributed by atoms with Crippen LogP contribution in [0.15, 0.2) is 48.5 Å². The molecule has 0 heterocycles. The minimum absolute atomic E-state index is 0.117. The lowest BCUT2D eigenvalue weighted by Crippen LogP contribution is -2.30. The second kappa shape index (κ2) is 6.94. The van der Waals surface area contributed by atoms with Gasteiger partial charge in [0.15, 0.2) is 0 Å². The Labute approximate surface area is 136 Å². The summed E-state index contributed by atoms with van der Waals surface area (Å²) in [4.78, 5) is 13.2. The molecule has 0 saturated carbocycles. The predicted molar refractivity (Wildman–Crippen MR) is 88.4 cm³/mol. The normalized spacial score (nSPS) is 16.5. The van der Waals surface area contributed by atoms with Gasteiger partial charge in [-0.25, -0.2) is 4.79 Å². The molecule has 1 aliphatic rings. The van der Waals surface area contributed by atoms with E-state index in [1.807, 2.05) is 12.1 Å². The molecule has 2 aromatic carbocycles. The fraction of sp³-hybridized carbons (Fsp3) is 0.316. The van der Waals surface area contributed by atoms with Gasteiger partial charge in [0.25, 0.3) is 0 Å². The summed E-state index contributed by atoms with van der Waals surface area (Å²) >= 11 is 0. The quantitative estimate of drug-likeness (QED) is 0.861. The predicted octanol–water partition coefficient (Wildman–Crippen LogP) is 2.87. The number of carboxylic acids is 1. The number of aliphatic hydroxyl groups is 1. The first-order valence-electron chi connectivity index (χ1n) is 7.94. The van der Waals surface area contributed by atoms with E-state index in [1.54, 1.807) is 12.1 Å². The molecule has 0 bridgehead atoms. The van der Waals surface area contributed by atoms with Gasteiger partial charge in [-0.15, -0.1) is 0 Å². The topological polar surface area (TPSA) is 60.8 Å². The van der Waals surface area contributed by atoms with Crippen LogP contribution < -0.4 is 0 Å². The van der Waals surface area contributed by atoms with Gasteiger partial charge in [0.2, 0.25) is 0 Å². The van der Waals surface area contributed by atoms with Gasteiger partial charge in [0.1, 0.15) is 0 Å². The van der Waals surface area contributed by atoms with Crippen molar-refractivity contribution in [1.82, 2.24) is 4.90 Å². The Hall–Kier alpha value is -2.17. The monoisotopic (exact) mass is 311 g/mol. The van der Waals surface area contributed by atoms with Gasteiger partial charge in [0, 0.05) is 19.1 Å². The van der Waals surface area contributed by atoms with Crippen LogP contribution in [0, 0.1) is 0 Å². The number of carbonyl (C=O) groups is 1. The van der Waals surface area contributed by atoms with Gasteiger partial charge in [-0.2, -0.15) is 0 Å². The molecule has 0 spiro atoms. The second-order valence-electron chi connectivity index (χ2n) is 5.95. The molecule has 1 atom stereocenters. The maximum absolute atomic E-state index is 10.9. The summed E-state index contributed by atoms with van der Waals surface area (Å²) in [5.74, 6) is -0.909. The smallest absolute Gasteiger partial charge is 0.335 e. The molecule has 0 aliphatic heterocycles. The van der Waals surface area contributed by atoms with E-state index in [9.17, 15) is 9.90 Å². The molecule has 0 amide bonds. The van der Waals surface area contributed by atoms with Gasteiger partial charge < -0.3 is 10.2 Å². The standard InChI is InChI=1S/C19H21NO3/c21-12-11-20(13-14-5-7-16(8-6-14)19(22)23)18-10-9-15-3-1-2-4-17(15)18/h1-8,18,21H,9-13H2,(H,22,23).